The minimum Gasteiger partial charge on any atom is -0.439 e. The first kappa shape index (κ1) is 23.0. The fourth-order valence-electron chi connectivity index (χ4n) is 3.05. The molecule has 0 radical (unpaired) electrons. The lowest BCUT2D eigenvalue weighted by Crippen LogP contribution is -2.31. The minimum absolute atomic E-state index is 0.0417. The summed E-state index contributed by atoms with van der Waals surface area (Å²) in [6.45, 7) is -0.249. The van der Waals surface area contributed by atoms with E-state index in [4.69, 9.17) is 27.6 Å². The van der Waals surface area contributed by atoms with Gasteiger partial charge >= 0.3 is 0 Å². The molecule has 0 atom stereocenters. The molecule has 0 N–H and O–H groups in total. The zero-order valence-corrected chi connectivity index (χ0v) is 19.1. The van der Waals surface area contributed by atoms with Gasteiger partial charge in [-0.1, -0.05) is 35.3 Å². The van der Waals surface area contributed by atoms with Gasteiger partial charge in [0, 0.05) is 21.8 Å². The first-order chi connectivity index (χ1) is 15.8. The van der Waals surface area contributed by atoms with Crippen LogP contribution in [-0.2, 0) is 16.4 Å². The molecule has 0 aliphatic rings. The van der Waals surface area contributed by atoms with Gasteiger partial charge in [-0.25, -0.2) is 17.8 Å². The van der Waals surface area contributed by atoms with Gasteiger partial charge < -0.3 is 4.42 Å². The van der Waals surface area contributed by atoms with Crippen LogP contribution in [0, 0.1) is 5.82 Å². The Hall–Kier alpha value is -3.20. The number of halogens is 3. The van der Waals surface area contributed by atoms with E-state index in [1.165, 1.54) is 60.8 Å². The van der Waals surface area contributed by atoms with Crippen molar-refractivity contribution in [2.24, 2.45) is 0 Å². The van der Waals surface area contributed by atoms with E-state index in [9.17, 15) is 17.6 Å². The minimum atomic E-state index is -4.02. The molecule has 0 bridgehead atoms. The van der Waals surface area contributed by atoms with Crippen molar-refractivity contribution in [2.75, 3.05) is 4.90 Å². The normalized spacial score (nSPS) is 11.4. The highest BCUT2D eigenvalue weighted by molar-refractivity contribution is 7.91. The average molecular weight is 505 g/mol. The Morgan fingerprint density at radius 3 is 2.39 bits per heavy atom. The molecule has 1 amide bonds. The Kier molecular flexibility index (Phi) is 6.51. The third kappa shape index (κ3) is 4.78. The standard InChI is InChI=1S/C23H15Cl2FN2O4S/c24-15-7-9-16(10-8-15)33(30,31)22-12-11-20(32-22)23(29)28(21-6-1-2-13-27-21)14-17-18(25)4-3-5-19(17)26/h1-13H,14H2. The topological polar surface area (TPSA) is 80.5 Å². The van der Waals surface area contributed by atoms with E-state index in [2.05, 4.69) is 4.98 Å². The van der Waals surface area contributed by atoms with E-state index in [-0.39, 0.29) is 33.6 Å². The van der Waals surface area contributed by atoms with Gasteiger partial charge in [-0.2, -0.15) is 0 Å². The summed E-state index contributed by atoms with van der Waals surface area (Å²) in [6, 6.07) is 17.0. The van der Waals surface area contributed by atoms with E-state index in [0.29, 0.717) is 5.02 Å². The van der Waals surface area contributed by atoms with Crippen LogP contribution in [0.3, 0.4) is 0 Å². The maximum absolute atomic E-state index is 14.4. The Bertz CT molecular complexity index is 1390. The lowest BCUT2D eigenvalue weighted by Gasteiger charge is -2.21. The molecule has 6 nitrogen and oxygen atoms in total. The highest BCUT2D eigenvalue weighted by atomic mass is 35.5. The van der Waals surface area contributed by atoms with Crippen LogP contribution in [0.15, 0.2) is 93.4 Å². The SMILES string of the molecule is O=C(c1ccc(S(=O)(=O)c2ccc(Cl)cc2)o1)N(Cc1c(F)cccc1Cl)c1ccccn1. The summed E-state index contributed by atoms with van der Waals surface area (Å²) < 4.78 is 45.6. The van der Waals surface area contributed by atoms with Crippen LogP contribution in [0.2, 0.25) is 10.0 Å². The molecule has 10 heteroatoms. The summed E-state index contributed by atoms with van der Waals surface area (Å²) >= 11 is 12.0. The van der Waals surface area contributed by atoms with Gasteiger partial charge in [0.15, 0.2) is 5.76 Å². The van der Waals surface area contributed by atoms with Crippen molar-refractivity contribution >= 4 is 44.8 Å². The van der Waals surface area contributed by atoms with Crippen LogP contribution in [0.4, 0.5) is 10.2 Å². The van der Waals surface area contributed by atoms with Crippen LogP contribution in [-0.4, -0.2) is 19.3 Å². The number of amides is 1. The second-order valence-corrected chi connectivity index (χ2v) is 9.58. The summed E-state index contributed by atoms with van der Waals surface area (Å²) in [5.74, 6) is -1.37. The summed E-state index contributed by atoms with van der Waals surface area (Å²) in [6.07, 6.45) is 1.47. The molecule has 0 fully saturated rings. The van der Waals surface area contributed by atoms with Gasteiger partial charge in [-0.3, -0.25) is 9.69 Å². The molecule has 2 aromatic carbocycles. The molecule has 0 aliphatic carbocycles. The number of rotatable bonds is 6. The summed E-state index contributed by atoms with van der Waals surface area (Å²) in [5, 5.41) is 0.0920. The van der Waals surface area contributed by atoms with Crippen molar-refractivity contribution in [1.29, 1.82) is 0 Å². The fraction of sp³-hybridized carbons (Fsp3) is 0.0435. The Labute approximate surface area is 199 Å². The number of benzene rings is 2. The maximum Gasteiger partial charge on any atom is 0.295 e. The van der Waals surface area contributed by atoms with Crippen molar-refractivity contribution in [3.8, 4) is 0 Å². The van der Waals surface area contributed by atoms with Gasteiger partial charge in [-0.15, -0.1) is 0 Å². The zero-order chi connectivity index (χ0) is 23.6. The summed E-state index contributed by atoms with van der Waals surface area (Å²) in [4.78, 5) is 18.6. The molecule has 0 spiro atoms. The molecule has 0 aliphatic heterocycles. The monoisotopic (exact) mass is 504 g/mol. The van der Waals surface area contributed by atoms with Crippen LogP contribution in [0.1, 0.15) is 16.1 Å². The molecule has 0 saturated carbocycles. The molecular formula is C23H15Cl2FN2O4S. The Morgan fingerprint density at radius 1 is 0.970 bits per heavy atom. The third-order valence-electron chi connectivity index (χ3n) is 4.73. The molecule has 4 rings (SSSR count). The predicted molar refractivity (Wildman–Crippen MR) is 122 cm³/mol. The lowest BCUT2D eigenvalue weighted by molar-refractivity contribution is 0.0952. The van der Waals surface area contributed by atoms with Gasteiger partial charge in [-0.05, 0) is 60.7 Å². The zero-order valence-electron chi connectivity index (χ0n) is 16.8. The number of sulfone groups is 1. The van der Waals surface area contributed by atoms with E-state index < -0.39 is 26.7 Å². The van der Waals surface area contributed by atoms with Crippen molar-refractivity contribution < 1.29 is 22.0 Å². The lowest BCUT2D eigenvalue weighted by atomic mass is 10.2. The van der Waals surface area contributed by atoms with Crippen molar-refractivity contribution in [1.82, 2.24) is 4.98 Å². The molecule has 33 heavy (non-hydrogen) atoms. The number of furan rings is 1. The fourth-order valence-corrected chi connectivity index (χ4v) is 4.58. The molecule has 0 saturated heterocycles. The number of aromatic nitrogens is 1. The van der Waals surface area contributed by atoms with Gasteiger partial charge in [0.2, 0.25) is 14.9 Å². The summed E-state index contributed by atoms with van der Waals surface area (Å²) in [7, 11) is -4.02. The predicted octanol–water partition coefficient (Wildman–Crippen LogP) is 5.80. The molecule has 2 aromatic heterocycles. The first-order valence-corrected chi connectivity index (χ1v) is 11.8. The molecule has 0 unspecified atom stereocenters. The number of anilines is 1. The third-order valence-corrected chi connectivity index (χ3v) is 6.98. The van der Waals surface area contributed by atoms with Crippen LogP contribution in [0.25, 0.3) is 0 Å². The number of pyridine rings is 1. The second-order valence-electron chi connectivity index (χ2n) is 6.86. The van der Waals surface area contributed by atoms with Gasteiger partial charge in [0.25, 0.3) is 5.91 Å². The first-order valence-electron chi connectivity index (χ1n) is 9.53. The average Bonchev–Trinajstić information content (AvgIpc) is 3.31. The Balaban J connectivity index is 1.70. The highest BCUT2D eigenvalue weighted by Gasteiger charge is 2.28. The summed E-state index contributed by atoms with van der Waals surface area (Å²) in [5.41, 5.74) is 0.0822. The van der Waals surface area contributed by atoms with Crippen molar-refractivity contribution in [2.45, 2.75) is 16.5 Å². The van der Waals surface area contributed by atoms with Crippen LogP contribution < -0.4 is 4.90 Å². The molecular weight excluding hydrogens is 490 g/mol. The second kappa shape index (κ2) is 9.35. The number of carbonyl (C=O) groups excluding carboxylic acids is 1. The van der Waals surface area contributed by atoms with Crippen LogP contribution >= 0.6 is 23.2 Å². The van der Waals surface area contributed by atoms with E-state index in [0.717, 1.165) is 4.90 Å². The maximum atomic E-state index is 14.4. The van der Waals surface area contributed by atoms with Gasteiger partial charge in [0.05, 0.1) is 11.4 Å². The number of hydrogen-bond donors (Lipinski definition) is 0. The van der Waals surface area contributed by atoms with Gasteiger partial charge in [0.1, 0.15) is 11.6 Å². The molecule has 2 heterocycles. The number of carbonyl (C=O) groups is 1. The van der Waals surface area contributed by atoms with Crippen molar-refractivity contribution in [3.05, 3.63) is 106 Å². The van der Waals surface area contributed by atoms with Crippen LogP contribution in [0.5, 0.6) is 0 Å². The number of nitrogens with zero attached hydrogens (tertiary/aromatic N) is 2. The molecule has 4 aromatic rings. The van der Waals surface area contributed by atoms with Crippen molar-refractivity contribution in [3.63, 3.8) is 0 Å². The Morgan fingerprint density at radius 2 is 1.73 bits per heavy atom. The largest absolute Gasteiger partial charge is 0.439 e. The van der Waals surface area contributed by atoms with E-state index in [1.54, 1.807) is 18.2 Å². The highest BCUT2D eigenvalue weighted by Crippen LogP contribution is 2.28. The smallest absolute Gasteiger partial charge is 0.295 e. The van der Waals surface area contributed by atoms with E-state index in [1.807, 2.05) is 0 Å². The number of hydrogen-bond acceptors (Lipinski definition) is 5. The van der Waals surface area contributed by atoms with E-state index >= 15 is 0 Å². The quantitative estimate of drug-likeness (QED) is 0.331. The molecule has 168 valence electrons.